The summed E-state index contributed by atoms with van der Waals surface area (Å²) >= 11 is 0. The Morgan fingerprint density at radius 1 is 1.29 bits per heavy atom. The molecule has 1 aromatic heterocycles. The topological polar surface area (TPSA) is 70.4 Å². The lowest BCUT2D eigenvalue weighted by Crippen LogP contribution is -2.60. The van der Waals surface area contributed by atoms with Gasteiger partial charge in [0.25, 0.3) is 0 Å². The van der Waals surface area contributed by atoms with Gasteiger partial charge < -0.3 is 20.1 Å². The minimum atomic E-state index is -4.34. The first kappa shape index (κ1) is 16.2. The minimum Gasteiger partial charge on any atom is -0.367 e. The predicted molar refractivity (Wildman–Crippen MR) is 80.8 cm³/mol. The van der Waals surface area contributed by atoms with E-state index in [0.717, 1.165) is 12.1 Å². The lowest BCUT2D eigenvalue weighted by atomic mass is 10.1. The van der Waals surface area contributed by atoms with Crippen molar-refractivity contribution < 1.29 is 22.5 Å². The molecular formula is C15H15F3N4O2. The number of anilines is 2. The molecule has 9 heteroatoms. The molecule has 24 heavy (non-hydrogen) atoms. The van der Waals surface area contributed by atoms with Gasteiger partial charge in [0.2, 0.25) is 0 Å². The van der Waals surface area contributed by atoms with E-state index in [4.69, 9.17) is 4.52 Å². The molecule has 1 aliphatic heterocycles. The smallest absolute Gasteiger partial charge is 0.367 e. The molecule has 0 radical (unpaired) electrons. The molecule has 0 atom stereocenters. The van der Waals surface area contributed by atoms with Gasteiger partial charge >= 0.3 is 12.2 Å². The number of benzene rings is 1. The normalized spacial score (nSPS) is 15.1. The zero-order valence-electron chi connectivity index (χ0n) is 12.7. The highest BCUT2D eigenvalue weighted by molar-refractivity contribution is 5.90. The summed E-state index contributed by atoms with van der Waals surface area (Å²) in [4.78, 5) is 13.7. The number of hydrogen-bond acceptors (Lipinski definition) is 4. The average Bonchev–Trinajstić information content (AvgIpc) is 2.87. The predicted octanol–water partition coefficient (Wildman–Crippen LogP) is 3.01. The Balaban J connectivity index is 1.49. The quantitative estimate of drug-likeness (QED) is 0.901. The van der Waals surface area contributed by atoms with Crippen molar-refractivity contribution >= 4 is 17.4 Å². The molecule has 0 bridgehead atoms. The van der Waals surface area contributed by atoms with Crippen molar-refractivity contribution in [2.24, 2.45) is 0 Å². The first-order valence-corrected chi connectivity index (χ1v) is 7.23. The number of aryl methyl sites for hydroxylation is 1. The first-order chi connectivity index (χ1) is 11.3. The van der Waals surface area contributed by atoms with Crippen molar-refractivity contribution in [3.63, 3.8) is 0 Å². The molecule has 1 fully saturated rings. The van der Waals surface area contributed by atoms with Gasteiger partial charge in [-0.1, -0.05) is 5.16 Å². The third kappa shape index (κ3) is 3.44. The molecule has 1 aromatic carbocycles. The lowest BCUT2D eigenvalue weighted by Gasteiger charge is -2.41. The molecule has 6 nitrogen and oxygen atoms in total. The van der Waals surface area contributed by atoms with Crippen molar-refractivity contribution in [2.75, 3.05) is 23.3 Å². The SMILES string of the molecule is Cc1nocc1NC(=O)NC1CN(c2ccc(C(F)(F)F)cc2)C1. The second-order valence-corrected chi connectivity index (χ2v) is 5.56. The van der Waals surface area contributed by atoms with Crippen LogP contribution in [-0.2, 0) is 6.18 Å². The van der Waals surface area contributed by atoms with Gasteiger partial charge in [0, 0.05) is 18.8 Å². The summed E-state index contributed by atoms with van der Waals surface area (Å²) in [6, 6.07) is 4.51. The maximum atomic E-state index is 12.5. The number of halogens is 3. The molecule has 3 rings (SSSR count). The molecule has 2 heterocycles. The summed E-state index contributed by atoms with van der Waals surface area (Å²) in [5.41, 5.74) is 1.08. The zero-order chi connectivity index (χ0) is 17.3. The van der Waals surface area contributed by atoms with Gasteiger partial charge in [-0.3, -0.25) is 0 Å². The van der Waals surface area contributed by atoms with E-state index in [1.54, 1.807) is 6.92 Å². The summed E-state index contributed by atoms with van der Waals surface area (Å²) in [6.45, 7) is 2.76. The van der Waals surface area contributed by atoms with Crippen molar-refractivity contribution in [2.45, 2.75) is 19.1 Å². The summed E-state index contributed by atoms with van der Waals surface area (Å²) in [6.07, 6.45) is -3.00. The number of amides is 2. The Morgan fingerprint density at radius 2 is 1.96 bits per heavy atom. The van der Waals surface area contributed by atoms with Crippen LogP contribution in [0.3, 0.4) is 0 Å². The number of rotatable bonds is 3. The highest BCUT2D eigenvalue weighted by Gasteiger charge is 2.32. The molecular weight excluding hydrogens is 325 g/mol. The van der Waals surface area contributed by atoms with Crippen LogP contribution in [0.5, 0.6) is 0 Å². The summed E-state index contributed by atoms with van der Waals surface area (Å²) < 4.78 is 42.3. The van der Waals surface area contributed by atoms with E-state index in [1.165, 1.54) is 18.4 Å². The van der Waals surface area contributed by atoms with Crippen molar-refractivity contribution in [3.05, 3.63) is 41.8 Å². The summed E-state index contributed by atoms with van der Waals surface area (Å²) in [5, 5.41) is 9.05. The fourth-order valence-corrected chi connectivity index (χ4v) is 2.40. The highest BCUT2D eigenvalue weighted by atomic mass is 19.4. The number of carbonyl (C=O) groups is 1. The van der Waals surface area contributed by atoms with Crippen molar-refractivity contribution in [3.8, 4) is 0 Å². The maximum absolute atomic E-state index is 12.5. The van der Waals surface area contributed by atoms with E-state index in [-0.39, 0.29) is 12.1 Å². The Kier molecular flexibility index (Phi) is 4.08. The number of urea groups is 1. The lowest BCUT2D eigenvalue weighted by molar-refractivity contribution is -0.137. The van der Waals surface area contributed by atoms with Gasteiger partial charge in [0.05, 0.1) is 11.6 Å². The number of alkyl halides is 3. The van der Waals surface area contributed by atoms with Crippen molar-refractivity contribution in [1.29, 1.82) is 0 Å². The number of aromatic nitrogens is 1. The molecule has 128 valence electrons. The van der Waals surface area contributed by atoms with Crippen LogP contribution in [0.25, 0.3) is 0 Å². The summed E-state index contributed by atoms with van der Waals surface area (Å²) in [7, 11) is 0. The van der Waals surface area contributed by atoms with Gasteiger partial charge in [0.1, 0.15) is 17.6 Å². The van der Waals surface area contributed by atoms with Gasteiger partial charge in [-0.25, -0.2) is 4.79 Å². The van der Waals surface area contributed by atoms with E-state index < -0.39 is 11.7 Å². The highest BCUT2D eigenvalue weighted by Crippen LogP contribution is 2.31. The van der Waals surface area contributed by atoms with Gasteiger partial charge in [-0.15, -0.1) is 0 Å². The Labute approximate surface area is 135 Å². The monoisotopic (exact) mass is 340 g/mol. The van der Waals surface area contributed by atoms with Crippen molar-refractivity contribution in [1.82, 2.24) is 10.5 Å². The van der Waals surface area contributed by atoms with Crippen LogP contribution in [0.15, 0.2) is 35.1 Å². The van der Waals surface area contributed by atoms with E-state index >= 15 is 0 Å². The molecule has 2 aromatic rings. The van der Waals surface area contributed by atoms with E-state index in [1.807, 2.05) is 4.90 Å². The van der Waals surface area contributed by atoms with Crippen LogP contribution in [0.2, 0.25) is 0 Å². The van der Waals surface area contributed by atoms with Gasteiger partial charge in [0.15, 0.2) is 0 Å². The second kappa shape index (κ2) is 6.06. The largest absolute Gasteiger partial charge is 0.416 e. The Bertz CT molecular complexity index is 721. The third-order valence-electron chi connectivity index (χ3n) is 3.77. The van der Waals surface area contributed by atoms with E-state index in [9.17, 15) is 18.0 Å². The Morgan fingerprint density at radius 3 is 2.50 bits per heavy atom. The number of carbonyl (C=O) groups excluding carboxylic acids is 1. The van der Waals surface area contributed by atoms with Crippen LogP contribution < -0.4 is 15.5 Å². The molecule has 2 amide bonds. The third-order valence-corrected chi connectivity index (χ3v) is 3.77. The van der Waals surface area contributed by atoms with Crippen LogP contribution >= 0.6 is 0 Å². The molecule has 0 unspecified atom stereocenters. The molecule has 0 spiro atoms. The fraction of sp³-hybridized carbons (Fsp3) is 0.333. The average molecular weight is 340 g/mol. The fourth-order valence-electron chi connectivity index (χ4n) is 2.40. The number of hydrogen-bond donors (Lipinski definition) is 2. The van der Waals surface area contributed by atoms with Crippen LogP contribution in [0.4, 0.5) is 29.3 Å². The van der Waals surface area contributed by atoms with E-state index in [2.05, 4.69) is 15.8 Å². The summed E-state index contributed by atoms with van der Waals surface area (Å²) in [5.74, 6) is 0. The molecule has 0 saturated carbocycles. The van der Waals surface area contributed by atoms with Gasteiger partial charge in [-0.05, 0) is 31.2 Å². The first-order valence-electron chi connectivity index (χ1n) is 7.23. The molecule has 1 saturated heterocycles. The zero-order valence-corrected chi connectivity index (χ0v) is 12.7. The van der Waals surface area contributed by atoms with E-state index in [0.29, 0.717) is 30.2 Å². The molecule has 1 aliphatic rings. The van der Waals surface area contributed by atoms with Crippen LogP contribution in [0, 0.1) is 6.92 Å². The maximum Gasteiger partial charge on any atom is 0.416 e. The Hall–Kier alpha value is -2.71. The number of nitrogens with one attached hydrogen (secondary N) is 2. The number of nitrogens with zero attached hydrogens (tertiary/aromatic N) is 2. The standard InChI is InChI=1S/C15H15F3N4O2/c1-9-13(8-24-21-9)20-14(23)19-11-6-22(7-11)12-4-2-10(3-5-12)15(16,17)18/h2-5,8,11H,6-7H2,1H3,(H2,19,20,23). The molecule has 2 N–H and O–H groups in total. The van der Waals surface area contributed by atoms with Crippen LogP contribution in [0.1, 0.15) is 11.3 Å². The van der Waals surface area contributed by atoms with Crippen LogP contribution in [-0.4, -0.2) is 30.3 Å². The second-order valence-electron chi connectivity index (χ2n) is 5.56. The van der Waals surface area contributed by atoms with Gasteiger partial charge in [-0.2, -0.15) is 13.2 Å². The molecule has 0 aliphatic carbocycles. The minimum absolute atomic E-state index is 0.0764.